The Morgan fingerprint density at radius 1 is 1.25 bits per heavy atom. The minimum Gasteiger partial charge on any atom is -0.506 e. The molecule has 2 aromatic rings. The largest absolute Gasteiger partial charge is 0.506 e. The van der Waals surface area contributed by atoms with Gasteiger partial charge < -0.3 is 15.7 Å². The maximum Gasteiger partial charge on any atom is 0.257 e. The van der Waals surface area contributed by atoms with Crippen LogP contribution >= 0.6 is 0 Å². The first-order valence-electron chi connectivity index (χ1n) is 6.92. The summed E-state index contributed by atoms with van der Waals surface area (Å²) in [5.74, 6) is -0.0735. The van der Waals surface area contributed by atoms with Gasteiger partial charge in [-0.25, -0.2) is 0 Å². The lowest BCUT2D eigenvalue weighted by atomic mass is 10.0. The smallest absolute Gasteiger partial charge is 0.257 e. The van der Waals surface area contributed by atoms with Crippen LogP contribution in [0.25, 0.3) is 10.8 Å². The highest BCUT2D eigenvalue weighted by atomic mass is 16.3. The second kappa shape index (κ2) is 5.13. The second-order valence-corrected chi connectivity index (χ2v) is 5.34. The molecule has 3 N–H and O–H groups in total. The standard InChI is InChI=1S/C16H18N2O2/c17-12-5-3-9-18(10-12)16(20)14-8-7-11-4-1-2-6-13(11)15(14)19/h1-2,4,6-8,12,19H,3,5,9-10,17H2. The van der Waals surface area contributed by atoms with Crippen molar-refractivity contribution in [1.29, 1.82) is 0 Å². The minimum atomic E-state index is -0.136. The number of benzene rings is 2. The van der Waals surface area contributed by atoms with Gasteiger partial charge in [-0.3, -0.25) is 4.79 Å². The van der Waals surface area contributed by atoms with Crippen molar-refractivity contribution < 1.29 is 9.90 Å². The van der Waals surface area contributed by atoms with Crippen molar-refractivity contribution in [3.63, 3.8) is 0 Å². The van der Waals surface area contributed by atoms with Crippen molar-refractivity contribution in [1.82, 2.24) is 4.90 Å². The number of carbonyl (C=O) groups is 1. The molecule has 0 radical (unpaired) electrons. The fourth-order valence-electron chi connectivity index (χ4n) is 2.79. The number of likely N-dealkylation sites (tertiary alicyclic amines) is 1. The Balaban J connectivity index is 1.97. The molecule has 4 heteroatoms. The predicted molar refractivity (Wildman–Crippen MR) is 78.7 cm³/mol. The lowest BCUT2D eigenvalue weighted by Crippen LogP contribution is -2.45. The Kier molecular flexibility index (Phi) is 3.32. The van der Waals surface area contributed by atoms with Crippen LogP contribution in [0.1, 0.15) is 23.2 Å². The lowest BCUT2D eigenvalue weighted by molar-refractivity contribution is 0.0706. The summed E-state index contributed by atoms with van der Waals surface area (Å²) >= 11 is 0. The third kappa shape index (κ3) is 2.23. The number of amides is 1. The van der Waals surface area contributed by atoms with Gasteiger partial charge in [-0.15, -0.1) is 0 Å². The van der Waals surface area contributed by atoms with E-state index < -0.39 is 0 Å². The maximum absolute atomic E-state index is 12.5. The SMILES string of the molecule is NC1CCCN(C(=O)c2ccc3ccccc3c2O)C1. The Morgan fingerprint density at radius 3 is 2.85 bits per heavy atom. The highest BCUT2D eigenvalue weighted by Crippen LogP contribution is 2.29. The number of aromatic hydroxyl groups is 1. The van der Waals surface area contributed by atoms with Crippen molar-refractivity contribution in [2.24, 2.45) is 5.73 Å². The van der Waals surface area contributed by atoms with E-state index in [0.29, 0.717) is 24.0 Å². The quantitative estimate of drug-likeness (QED) is 0.834. The Bertz CT molecular complexity index is 654. The summed E-state index contributed by atoms with van der Waals surface area (Å²) in [5, 5.41) is 12.0. The van der Waals surface area contributed by atoms with E-state index in [0.717, 1.165) is 18.2 Å². The van der Waals surface area contributed by atoms with E-state index in [-0.39, 0.29) is 17.7 Å². The number of piperidine rings is 1. The van der Waals surface area contributed by atoms with E-state index in [4.69, 9.17) is 5.73 Å². The monoisotopic (exact) mass is 270 g/mol. The fraction of sp³-hybridized carbons (Fsp3) is 0.312. The third-order valence-corrected chi connectivity index (χ3v) is 3.88. The molecule has 1 unspecified atom stereocenters. The molecule has 0 aromatic heterocycles. The molecule has 20 heavy (non-hydrogen) atoms. The first-order chi connectivity index (χ1) is 9.66. The summed E-state index contributed by atoms with van der Waals surface area (Å²) in [6.07, 6.45) is 1.87. The summed E-state index contributed by atoms with van der Waals surface area (Å²) in [6.45, 7) is 1.27. The summed E-state index contributed by atoms with van der Waals surface area (Å²) in [7, 11) is 0. The van der Waals surface area contributed by atoms with Crippen LogP contribution in [0.15, 0.2) is 36.4 Å². The first kappa shape index (κ1) is 12.9. The van der Waals surface area contributed by atoms with Crippen molar-refractivity contribution in [2.75, 3.05) is 13.1 Å². The van der Waals surface area contributed by atoms with E-state index in [1.165, 1.54) is 0 Å². The summed E-state index contributed by atoms with van der Waals surface area (Å²) in [4.78, 5) is 14.3. The van der Waals surface area contributed by atoms with Gasteiger partial charge in [0.15, 0.2) is 0 Å². The molecule has 0 bridgehead atoms. The molecule has 104 valence electrons. The van der Waals surface area contributed by atoms with Gasteiger partial charge in [-0.05, 0) is 24.3 Å². The molecule has 0 spiro atoms. The molecular formula is C16H18N2O2. The molecule has 1 aliphatic rings. The molecule has 1 aliphatic heterocycles. The Morgan fingerprint density at radius 2 is 2.05 bits per heavy atom. The zero-order valence-electron chi connectivity index (χ0n) is 11.2. The molecule has 0 aliphatic carbocycles. The molecule has 1 atom stereocenters. The van der Waals surface area contributed by atoms with Crippen LogP contribution in [0.2, 0.25) is 0 Å². The van der Waals surface area contributed by atoms with Crippen LogP contribution in [0, 0.1) is 0 Å². The van der Waals surface area contributed by atoms with E-state index >= 15 is 0 Å². The number of phenolic OH excluding ortho intramolecular Hbond substituents is 1. The van der Waals surface area contributed by atoms with Gasteiger partial charge in [0.25, 0.3) is 5.91 Å². The highest BCUT2D eigenvalue weighted by Gasteiger charge is 2.24. The topological polar surface area (TPSA) is 66.6 Å². The molecule has 3 rings (SSSR count). The van der Waals surface area contributed by atoms with Crippen LogP contribution in [-0.4, -0.2) is 35.0 Å². The van der Waals surface area contributed by atoms with Gasteiger partial charge in [0.2, 0.25) is 0 Å². The normalized spacial score (nSPS) is 19.2. The number of nitrogens with two attached hydrogens (primary N) is 1. The highest BCUT2D eigenvalue weighted by molar-refractivity contribution is 6.03. The zero-order chi connectivity index (χ0) is 14.1. The van der Waals surface area contributed by atoms with Crippen molar-refractivity contribution in [3.05, 3.63) is 42.0 Å². The maximum atomic E-state index is 12.5. The number of hydrogen-bond acceptors (Lipinski definition) is 3. The zero-order valence-corrected chi connectivity index (χ0v) is 11.2. The lowest BCUT2D eigenvalue weighted by Gasteiger charge is -2.31. The van der Waals surface area contributed by atoms with Gasteiger partial charge in [0.05, 0.1) is 5.56 Å². The molecule has 1 heterocycles. The molecule has 0 saturated carbocycles. The second-order valence-electron chi connectivity index (χ2n) is 5.34. The van der Waals surface area contributed by atoms with Crippen LogP contribution in [0.4, 0.5) is 0 Å². The first-order valence-corrected chi connectivity index (χ1v) is 6.92. The fourth-order valence-corrected chi connectivity index (χ4v) is 2.79. The van der Waals surface area contributed by atoms with Crippen LogP contribution in [0.5, 0.6) is 5.75 Å². The molecule has 1 amide bonds. The van der Waals surface area contributed by atoms with Crippen molar-refractivity contribution in [2.45, 2.75) is 18.9 Å². The molecule has 2 aromatic carbocycles. The van der Waals surface area contributed by atoms with Crippen LogP contribution in [-0.2, 0) is 0 Å². The number of nitrogens with zero attached hydrogens (tertiary/aromatic N) is 1. The number of carbonyl (C=O) groups excluding carboxylic acids is 1. The van der Waals surface area contributed by atoms with E-state index in [2.05, 4.69) is 0 Å². The summed E-state index contributed by atoms with van der Waals surface area (Å²) in [6, 6.07) is 11.1. The van der Waals surface area contributed by atoms with Gasteiger partial charge in [0.1, 0.15) is 5.75 Å². The number of phenols is 1. The number of rotatable bonds is 1. The van der Waals surface area contributed by atoms with E-state index in [1.54, 1.807) is 11.0 Å². The van der Waals surface area contributed by atoms with E-state index in [1.807, 2.05) is 30.3 Å². The van der Waals surface area contributed by atoms with Crippen LogP contribution < -0.4 is 5.73 Å². The van der Waals surface area contributed by atoms with Gasteiger partial charge in [-0.2, -0.15) is 0 Å². The Hall–Kier alpha value is -2.07. The number of fused-ring (bicyclic) bond motifs is 1. The van der Waals surface area contributed by atoms with Gasteiger partial charge in [-0.1, -0.05) is 30.3 Å². The molecule has 1 fully saturated rings. The third-order valence-electron chi connectivity index (χ3n) is 3.88. The van der Waals surface area contributed by atoms with Crippen LogP contribution in [0.3, 0.4) is 0 Å². The average Bonchev–Trinajstić information content (AvgIpc) is 2.47. The predicted octanol–water partition coefficient (Wildman–Crippen LogP) is 2.11. The van der Waals surface area contributed by atoms with Gasteiger partial charge in [0, 0.05) is 24.5 Å². The van der Waals surface area contributed by atoms with Crippen molar-refractivity contribution in [3.8, 4) is 5.75 Å². The summed E-state index contributed by atoms with van der Waals surface area (Å²) < 4.78 is 0. The molecule has 1 saturated heterocycles. The summed E-state index contributed by atoms with van der Waals surface area (Å²) in [5.41, 5.74) is 6.27. The van der Waals surface area contributed by atoms with Crippen molar-refractivity contribution >= 4 is 16.7 Å². The molecular weight excluding hydrogens is 252 g/mol. The number of hydrogen-bond donors (Lipinski definition) is 2. The molecule has 4 nitrogen and oxygen atoms in total. The Labute approximate surface area is 117 Å². The van der Waals surface area contributed by atoms with Gasteiger partial charge >= 0.3 is 0 Å². The minimum absolute atomic E-state index is 0.0373. The van der Waals surface area contributed by atoms with E-state index in [9.17, 15) is 9.90 Å². The average molecular weight is 270 g/mol.